The largest absolute Gasteiger partial charge is 0.418 e. The first-order valence-electron chi connectivity index (χ1n) is 7.97. The van der Waals surface area contributed by atoms with Gasteiger partial charge in [-0.1, -0.05) is 25.3 Å². The standard InChI is InChI=1S/C16H19F3N2O2/c17-16(18,19)13-6-3-7-14(21(22)23)15(13)20-9-8-11-4-1-2-5-12(11)10-20/h3,6-7,11-12H,1-2,4-5,8-10H2/t11-,12-/m0/s1. The van der Waals surface area contributed by atoms with Gasteiger partial charge >= 0.3 is 6.18 Å². The van der Waals surface area contributed by atoms with Gasteiger partial charge in [0.25, 0.3) is 5.69 Å². The minimum Gasteiger partial charge on any atom is -0.365 e. The second-order valence-electron chi connectivity index (χ2n) is 6.47. The first kappa shape index (κ1) is 16.1. The Hall–Kier alpha value is -1.79. The molecule has 0 radical (unpaired) electrons. The lowest BCUT2D eigenvalue weighted by Crippen LogP contribution is -2.42. The summed E-state index contributed by atoms with van der Waals surface area (Å²) in [4.78, 5) is 12.1. The van der Waals surface area contributed by atoms with Gasteiger partial charge in [-0.15, -0.1) is 0 Å². The number of nitro groups is 1. The van der Waals surface area contributed by atoms with Gasteiger partial charge in [0.15, 0.2) is 0 Å². The van der Waals surface area contributed by atoms with Gasteiger partial charge < -0.3 is 4.90 Å². The number of fused-ring (bicyclic) bond motifs is 1. The van der Waals surface area contributed by atoms with E-state index >= 15 is 0 Å². The molecule has 0 bridgehead atoms. The summed E-state index contributed by atoms with van der Waals surface area (Å²) in [6.07, 6.45) is 0.627. The summed E-state index contributed by atoms with van der Waals surface area (Å²) < 4.78 is 40.0. The van der Waals surface area contributed by atoms with Crippen molar-refractivity contribution in [3.63, 3.8) is 0 Å². The van der Waals surface area contributed by atoms with Crippen LogP contribution in [0.25, 0.3) is 0 Å². The number of nitro benzene ring substituents is 1. The second-order valence-corrected chi connectivity index (χ2v) is 6.47. The zero-order chi connectivity index (χ0) is 16.6. The van der Waals surface area contributed by atoms with Crippen molar-refractivity contribution >= 4 is 11.4 Å². The van der Waals surface area contributed by atoms with Crippen LogP contribution in [0.1, 0.15) is 37.7 Å². The molecule has 1 saturated carbocycles. The number of halogens is 3. The number of piperidine rings is 1. The molecule has 0 N–H and O–H groups in total. The molecule has 2 atom stereocenters. The van der Waals surface area contributed by atoms with Gasteiger partial charge in [-0.2, -0.15) is 13.2 Å². The van der Waals surface area contributed by atoms with Crippen LogP contribution in [0.2, 0.25) is 0 Å². The number of alkyl halides is 3. The van der Waals surface area contributed by atoms with E-state index < -0.39 is 22.4 Å². The summed E-state index contributed by atoms with van der Waals surface area (Å²) >= 11 is 0. The Labute approximate surface area is 132 Å². The van der Waals surface area contributed by atoms with E-state index in [2.05, 4.69) is 0 Å². The van der Waals surface area contributed by atoms with Crippen molar-refractivity contribution in [1.29, 1.82) is 0 Å². The Bertz CT molecular complexity index is 603. The van der Waals surface area contributed by atoms with E-state index in [1.165, 1.54) is 6.42 Å². The lowest BCUT2D eigenvalue weighted by Gasteiger charge is -2.42. The van der Waals surface area contributed by atoms with Crippen LogP contribution >= 0.6 is 0 Å². The molecule has 1 aliphatic heterocycles. The summed E-state index contributed by atoms with van der Waals surface area (Å²) in [7, 11) is 0. The molecule has 7 heteroatoms. The van der Waals surface area contributed by atoms with E-state index in [0.29, 0.717) is 24.9 Å². The lowest BCUT2D eigenvalue weighted by atomic mass is 9.75. The third-order valence-corrected chi connectivity index (χ3v) is 5.12. The predicted octanol–water partition coefficient (Wildman–Crippen LogP) is 4.63. The van der Waals surface area contributed by atoms with Crippen LogP contribution in [0, 0.1) is 22.0 Å². The Morgan fingerprint density at radius 3 is 2.48 bits per heavy atom. The molecular formula is C16H19F3N2O2. The highest BCUT2D eigenvalue weighted by atomic mass is 19.4. The van der Waals surface area contributed by atoms with Crippen LogP contribution in [-0.4, -0.2) is 18.0 Å². The molecule has 0 amide bonds. The molecule has 126 valence electrons. The highest BCUT2D eigenvalue weighted by Crippen LogP contribution is 2.45. The normalized spacial score (nSPS) is 25.1. The Morgan fingerprint density at radius 2 is 1.83 bits per heavy atom. The minimum absolute atomic E-state index is 0.256. The van der Waals surface area contributed by atoms with E-state index in [-0.39, 0.29) is 5.69 Å². The third kappa shape index (κ3) is 3.14. The topological polar surface area (TPSA) is 46.4 Å². The molecule has 1 aromatic carbocycles. The average molecular weight is 328 g/mol. The van der Waals surface area contributed by atoms with E-state index in [4.69, 9.17) is 0 Å². The van der Waals surface area contributed by atoms with Crippen LogP contribution in [0.5, 0.6) is 0 Å². The van der Waals surface area contributed by atoms with Gasteiger partial charge in [-0.25, -0.2) is 0 Å². The van der Waals surface area contributed by atoms with Crippen molar-refractivity contribution in [1.82, 2.24) is 0 Å². The number of benzene rings is 1. The van der Waals surface area contributed by atoms with E-state index in [1.54, 1.807) is 4.90 Å². The molecule has 0 aromatic heterocycles. The zero-order valence-electron chi connectivity index (χ0n) is 12.7. The molecule has 2 aliphatic rings. The van der Waals surface area contributed by atoms with Crippen molar-refractivity contribution in [3.05, 3.63) is 33.9 Å². The maximum absolute atomic E-state index is 13.3. The molecule has 23 heavy (non-hydrogen) atoms. The smallest absolute Gasteiger partial charge is 0.365 e. The summed E-state index contributed by atoms with van der Waals surface area (Å²) in [5.41, 5.74) is -1.61. The SMILES string of the molecule is O=[N+]([O-])c1cccc(C(F)(F)F)c1N1CC[C@@H]2CCCC[C@H]2C1. The molecule has 2 fully saturated rings. The van der Waals surface area contributed by atoms with E-state index in [0.717, 1.165) is 43.9 Å². The molecule has 1 heterocycles. The average Bonchev–Trinajstić information content (AvgIpc) is 2.52. The van der Waals surface area contributed by atoms with Crippen LogP contribution in [0.4, 0.5) is 24.5 Å². The van der Waals surface area contributed by atoms with Crippen LogP contribution < -0.4 is 4.90 Å². The summed E-state index contributed by atoms with van der Waals surface area (Å²) in [5.74, 6) is 0.899. The third-order valence-electron chi connectivity index (χ3n) is 5.12. The van der Waals surface area contributed by atoms with Crippen molar-refractivity contribution < 1.29 is 18.1 Å². The minimum atomic E-state index is -4.59. The van der Waals surface area contributed by atoms with Crippen LogP contribution in [0.3, 0.4) is 0 Å². The van der Waals surface area contributed by atoms with E-state index in [1.807, 2.05) is 0 Å². The fourth-order valence-electron chi connectivity index (χ4n) is 4.04. The maximum Gasteiger partial charge on any atom is 0.418 e. The molecule has 1 aromatic rings. The molecule has 1 saturated heterocycles. The zero-order valence-corrected chi connectivity index (χ0v) is 12.7. The molecule has 0 unspecified atom stereocenters. The number of hydrogen-bond acceptors (Lipinski definition) is 3. The Kier molecular flexibility index (Phi) is 4.21. The second kappa shape index (κ2) is 6.02. The molecule has 3 rings (SSSR count). The monoisotopic (exact) mass is 328 g/mol. The number of nitrogens with zero attached hydrogens (tertiary/aromatic N) is 2. The van der Waals surface area contributed by atoms with Crippen molar-refractivity contribution in [2.75, 3.05) is 18.0 Å². The Morgan fingerprint density at radius 1 is 1.13 bits per heavy atom. The Balaban J connectivity index is 1.99. The lowest BCUT2D eigenvalue weighted by molar-refractivity contribution is -0.384. The van der Waals surface area contributed by atoms with Gasteiger partial charge in [0.2, 0.25) is 0 Å². The molecule has 1 aliphatic carbocycles. The number of rotatable bonds is 2. The van der Waals surface area contributed by atoms with Crippen LogP contribution in [-0.2, 0) is 6.18 Å². The summed E-state index contributed by atoms with van der Waals surface area (Å²) in [5, 5.41) is 11.2. The van der Waals surface area contributed by atoms with Gasteiger partial charge in [0, 0.05) is 19.2 Å². The van der Waals surface area contributed by atoms with Crippen molar-refractivity contribution in [3.8, 4) is 0 Å². The summed E-state index contributed by atoms with van der Waals surface area (Å²) in [6.45, 7) is 0.938. The number of para-hydroxylation sites is 1. The molecule has 0 spiro atoms. The fourth-order valence-corrected chi connectivity index (χ4v) is 4.04. The molecular weight excluding hydrogens is 309 g/mol. The van der Waals surface area contributed by atoms with E-state index in [9.17, 15) is 23.3 Å². The maximum atomic E-state index is 13.3. The highest BCUT2D eigenvalue weighted by Gasteiger charge is 2.41. The van der Waals surface area contributed by atoms with Gasteiger partial charge in [0.05, 0.1) is 10.5 Å². The predicted molar refractivity (Wildman–Crippen MR) is 80.4 cm³/mol. The first-order chi connectivity index (χ1) is 10.9. The van der Waals surface area contributed by atoms with Gasteiger partial charge in [-0.05, 0) is 30.7 Å². The van der Waals surface area contributed by atoms with Crippen LogP contribution in [0.15, 0.2) is 18.2 Å². The fraction of sp³-hybridized carbons (Fsp3) is 0.625. The molecule has 4 nitrogen and oxygen atoms in total. The van der Waals surface area contributed by atoms with Crippen molar-refractivity contribution in [2.24, 2.45) is 11.8 Å². The quantitative estimate of drug-likeness (QED) is 0.587. The van der Waals surface area contributed by atoms with Gasteiger partial charge in [0.1, 0.15) is 5.69 Å². The first-order valence-corrected chi connectivity index (χ1v) is 7.97. The number of anilines is 1. The van der Waals surface area contributed by atoms with Crippen molar-refractivity contribution in [2.45, 2.75) is 38.3 Å². The highest BCUT2D eigenvalue weighted by molar-refractivity contribution is 5.69. The summed E-state index contributed by atoms with van der Waals surface area (Å²) in [6, 6.07) is 3.21. The van der Waals surface area contributed by atoms with Gasteiger partial charge in [-0.3, -0.25) is 10.1 Å². The number of hydrogen-bond donors (Lipinski definition) is 0.